The highest BCUT2D eigenvalue weighted by Gasteiger charge is 2.49. The van der Waals surface area contributed by atoms with E-state index in [9.17, 15) is 4.57 Å². The second-order valence-electron chi connectivity index (χ2n) is 9.99. The fraction of sp³-hybridized carbons (Fsp3) is 1.00. The molecule has 0 spiro atoms. The lowest BCUT2D eigenvalue weighted by atomic mass is 10.1. The van der Waals surface area contributed by atoms with Crippen LogP contribution in [0.4, 0.5) is 0 Å². The first-order valence-electron chi connectivity index (χ1n) is 14.3. The van der Waals surface area contributed by atoms with Gasteiger partial charge in [0, 0.05) is 0 Å². The third kappa shape index (κ3) is 15.9. The summed E-state index contributed by atoms with van der Waals surface area (Å²) >= 11 is 21.0. The van der Waals surface area contributed by atoms with E-state index in [1.165, 1.54) is 0 Å². The van der Waals surface area contributed by atoms with E-state index < -0.39 is 23.0 Å². The van der Waals surface area contributed by atoms with Crippen LogP contribution in [0.1, 0.15) is 157 Å². The lowest BCUT2D eigenvalue weighted by molar-refractivity contribution is -0.0189. The van der Waals surface area contributed by atoms with E-state index in [0.29, 0.717) is 38.5 Å². The van der Waals surface area contributed by atoms with Gasteiger partial charge in [0.25, 0.3) is 0 Å². The van der Waals surface area contributed by atoms with Crippen molar-refractivity contribution in [3.8, 4) is 0 Å². The maximum Gasteiger partial charge on any atom is 0.479 e. The molecule has 0 aromatic rings. The van der Waals surface area contributed by atoms with Crippen molar-refractivity contribution in [3.05, 3.63) is 0 Å². The molecule has 35 heavy (non-hydrogen) atoms. The summed E-state index contributed by atoms with van der Waals surface area (Å²) in [7, 11) is -4.22. The molecule has 0 heterocycles. The number of alkyl halides is 3. The molecule has 0 bridgehead atoms. The predicted molar refractivity (Wildman–Crippen MR) is 154 cm³/mol. The van der Waals surface area contributed by atoms with Gasteiger partial charge in [0.15, 0.2) is 15.2 Å². The molecule has 0 saturated heterocycles. The summed E-state index contributed by atoms with van der Waals surface area (Å²) < 4.78 is 33.3. The molecule has 4 nitrogen and oxygen atoms in total. The number of hydrogen-bond donors (Lipinski definition) is 0. The number of phosphoric ester groups is 1. The molecule has 0 saturated carbocycles. The normalized spacial score (nSPS) is 13.5. The van der Waals surface area contributed by atoms with Crippen molar-refractivity contribution < 1.29 is 18.1 Å². The highest BCUT2D eigenvalue weighted by atomic mass is 35.5. The van der Waals surface area contributed by atoms with Crippen molar-refractivity contribution in [2.45, 2.75) is 172 Å². The predicted octanol–water partition coefficient (Wildman–Crippen LogP) is 12.1. The molecule has 0 atom stereocenters. The number of unbranched alkanes of at least 4 members (excludes halogenated alkanes) is 6. The van der Waals surface area contributed by atoms with Gasteiger partial charge in [-0.25, -0.2) is 4.57 Å². The molecular weight excluding hydrogens is 526 g/mol. The maximum absolute atomic E-state index is 14.5. The van der Waals surface area contributed by atoms with E-state index in [1.54, 1.807) is 0 Å². The molecule has 0 aliphatic carbocycles. The smallest absolute Gasteiger partial charge is 0.264 e. The number of halogens is 3. The Morgan fingerprint density at radius 1 is 0.457 bits per heavy atom. The average molecular weight is 580 g/mol. The lowest BCUT2D eigenvalue weighted by Crippen LogP contribution is -2.34. The molecule has 0 aliphatic rings. The zero-order valence-electron chi connectivity index (χ0n) is 23.4. The van der Waals surface area contributed by atoms with E-state index in [-0.39, 0.29) is 0 Å². The van der Waals surface area contributed by atoms with Crippen molar-refractivity contribution in [1.82, 2.24) is 0 Å². The highest BCUT2D eigenvalue weighted by Crippen LogP contribution is 2.63. The molecule has 0 aromatic heterocycles. The molecule has 212 valence electrons. The Labute approximate surface area is 232 Å². The Kier molecular flexibility index (Phi) is 19.6. The number of phosphoric acid groups is 1. The van der Waals surface area contributed by atoms with Gasteiger partial charge < -0.3 is 0 Å². The summed E-state index contributed by atoms with van der Waals surface area (Å²) in [5.74, 6) is 0. The Balaban J connectivity index is 6.27. The van der Waals surface area contributed by atoms with E-state index in [4.69, 9.17) is 48.4 Å². The summed E-state index contributed by atoms with van der Waals surface area (Å²) in [4.78, 5) is 0. The average Bonchev–Trinajstić information content (AvgIpc) is 2.81. The zero-order chi connectivity index (χ0) is 26.8. The standard InChI is InChI=1S/C27H54Cl3O4P/c1-7-13-19-25(28,20-14-8-2)32-35(31,33-26(29,21-15-9-3)22-16-10-4)34-27(30,23-17-11-5)24-18-12-6/h7-24H2,1-6H3. The lowest BCUT2D eigenvalue weighted by Gasteiger charge is -2.39. The van der Waals surface area contributed by atoms with E-state index >= 15 is 0 Å². The summed E-state index contributed by atoms with van der Waals surface area (Å²) in [6, 6.07) is 0. The first-order chi connectivity index (χ1) is 16.5. The summed E-state index contributed by atoms with van der Waals surface area (Å²) in [6.07, 6.45) is 14.2. The van der Waals surface area contributed by atoms with Gasteiger partial charge in [0.1, 0.15) is 0 Å². The molecule has 0 aliphatic heterocycles. The van der Waals surface area contributed by atoms with Gasteiger partial charge in [-0.05, 0) is 77.0 Å². The minimum atomic E-state index is -4.22. The quantitative estimate of drug-likeness (QED) is 0.0842. The van der Waals surface area contributed by atoms with E-state index in [1.807, 2.05) is 0 Å². The van der Waals surface area contributed by atoms with Crippen molar-refractivity contribution in [2.75, 3.05) is 0 Å². The van der Waals surface area contributed by atoms with Crippen molar-refractivity contribution in [3.63, 3.8) is 0 Å². The number of rotatable bonds is 24. The van der Waals surface area contributed by atoms with Crippen LogP contribution >= 0.6 is 42.6 Å². The second kappa shape index (κ2) is 19.1. The van der Waals surface area contributed by atoms with Crippen molar-refractivity contribution in [2.24, 2.45) is 0 Å². The van der Waals surface area contributed by atoms with Crippen molar-refractivity contribution >= 4 is 42.6 Å². The van der Waals surface area contributed by atoms with Crippen LogP contribution in [0.25, 0.3) is 0 Å². The Morgan fingerprint density at radius 3 is 0.771 bits per heavy atom. The third-order valence-corrected chi connectivity index (χ3v) is 9.66. The molecule has 0 amide bonds. The third-order valence-electron chi connectivity index (χ3n) is 6.25. The minimum absolute atomic E-state index is 0.556. The van der Waals surface area contributed by atoms with Crippen LogP contribution in [0.3, 0.4) is 0 Å². The first-order valence-corrected chi connectivity index (χ1v) is 16.9. The van der Waals surface area contributed by atoms with Gasteiger partial charge in [0.05, 0.1) is 0 Å². The van der Waals surface area contributed by atoms with Gasteiger partial charge in [-0.2, -0.15) is 0 Å². The van der Waals surface area contributed by atoms with Gasteiger partial charge in [-0.15, -0.1) is 0 Å². The van der Waals surface area contributed by atoms with Gasteiger partial charge in [-0.3, -0.25) is 13.6 Å². The molecule has 8 heteroatoms. The molecule has 0 N–H and O–H groups in total. The van der Waals surface area contributed by atoms with Gasteiger partial charge >= 0.3 is 7.82 Å². The van der Waals surface area contributed by atoms with Crippen LogP contribution in [-0.2, 0) is 18.1 Å². The molecule has 0 rings (SSSR count). The molecule has 0 aromatic carbocycles. The van der Waals surface area contributed by atoms with Gasteiger partial charge in [-0.1, -0.05) is 115 Å². The zero-order valence-corrected chi connectivity index (χ0v) is 26.6. The maximum atomic E-state index is 14.5. The second-order valence-corrected chi connectivity index (χ2v) is 13.5. The van der Waals surface area contributed by atoms with E-state index in [2.05, 4.69) is 41.5 Å². The van der Waals surface area contributed by atoms with Crippen LogP contribution in [-0.4, -0.2) is 15.2 Å². The van der Waals surface area contributed by atoms with Gasteiger partial charge in [0.2, 0.25) is 0 Å². The molecule has 0 fully saturated rings. The number of hydrogen-bond acceptors (Lipinski definition) is 4. The minimum Gasteiger partial charge on any atom is -0.264 e. The topological polar surface area (TPSA) is 44.8 Å². The Hall–Kier alpha value is 0.980. The molecular formula is C27H54Cl3O4P. The van der Waals surface area contributed by atoms with Crippen molar-refractivity contribution in [1.29, 1.82) is 0 Å². The van der Waals surface area contributed by atoms with Crippen LogP contribution in [0.15, 0.2) is 0 Å². The fourth-order valence-electron chi connectivity index (χ4n) is 3.95. The molecule has 0 radical (unpaired) electrons. The van der Waals surface area contributed by atoms with Crippen LogP contribution < -0.4 is 0 Å². The Bertz CT molecular complexity index is 477. The largest absolute Gasteiger partial charge is 0.479 e. The summed E-state index contributed by atoms with van der Waals surface area (Å²) in [5, 5.41) is -3.45. The monoisotopic (exact) mass is 578 g/mol. The fourth-order valence-corrected chi connectivity index (χ4v) is 7.37. The van der Waals surface area contributed by atoms with Crippen LogP contribution in [0.5, 0.6) is 0 Å². The van der Waals surface area contributed by atoms with Crippen LogP contribution in [0, 0.1) is 0 Å². The Morgan fingerprint density at radius 2 is 0.629 bits per heavy atom. The molecule has 0 unspecified atom stereocenters. The first kappa shape index (κ1) is 36.0. The summed E-state index contributed by atoms with van der Waals surface area (Å²) in [5.41, 5.74) is 0. The van der Waals surface area contributed by atoms with Crippen LogP contribution in [0.2, 0.25) is 0 Å². The highest BCUT2D eigenvalue weighted by molar-refractivity contribution is 7.48. The van der Waals surface area contributed by atoms with E-state index in [0.717, 1.165) is 77.0 Å². The summed E-state index contributed by atoms with van der Waals surface area (Å²) in [6.45, 7) is 12.6. The SMILES string of the molecule is CCCCC(Cl)(CCCC)OP(=O)(OC(Cl)(CCCC)CCCC)OC(Cl)(CCCC)CCCC.